The zero-order chi connectivity index (χ0) is 15.6. The minimum atomic E-state index is 0.711. The van der Waals surface area contributed by atoms with E-state index in [1.54, 1.807) is 11.3 Å². The number of aromatic nitrogens is 1. The van der Waals surface area contributed by atoms with Gasteiger partial charge in [-0.1, -0.05) is 48.9 Å². The van der Waals surface area contributed by atoms with E-state index in [0.29, 0.717) is 5.19 Å². The number of rotatable bonds is 6. The van der Waals surface area contributed by atoms with Crippen molar-refractivity contribution in [2.45, 2.75) is 32.6 Å². The first-order chi connectivity index (χ1) is 11.3. The second kappa shape index (κ2) is 6.32. The van der Waals surface area contributed by atoms with Crippen LogP contribution < -0.4 is 4.74 Å². The van der Waals surface area contributed by atoms with E-state index in [4.69, 9.17) is 4.74 Å². The molecule has 1 unspecified atom stereocenters. The predicted octanol–water partition coefficient (Wildman–Crippen LogP) is 6.07. The van der Waals surface area contributed by atoms with Gasteiger partial charge in [-0.3, -0.25) is 0 Å². The summed E-state index contributed by atoms with van der Waals surface area (Å²) in [4.78, 5) is 4.52. The highest BCUT2D eigenvalue weighted by Gasteiger charge is 2.29. The lowest BCUT2D eigenvalue weighted by atomic mass is 9.92. The van der Waals surface area contributed by atoms with Crippen LogP contribution in [0.2, 0.25) is 0 Å². The van der Waals surface area contributed by atoms with Crippen LogP contribution in [0.15, 0.2) is 48.5 Å². The maximum absolute atomic E-state index is 5.92. The molecule has 0 N–H and O–H groups in total. The molecule has 1 atom stereocenters. The van der Waals surface area contributed by atoms with E-state index in [1.165, 1.54) is 31.2 Å². The molecule has 118 valence electrons. The lowest BCUT2D eigenvalue weighted by Gasteiger charge is -2.13. The Hall–Kier alpha value is -1.87. The van der Waals surface area contributed by atoms with Gasteiger partial charge in [0, 0.05) is 0 Å². The molecular formula is C20H21NOS. The molecule has 2 nitrogen and oxygen atoms in total. The minimum Gasteiger partial charge on any atom is -0.431 e. The fraction of sp³-hybridized carbons (Fsp3) is 0.350. The Morgan fingerprint density at radius 1 is 1.13 bits per heavy atom. The number of fused-ring (bicyclic) bond motifs is 1. The number of nitrogens with zero attached hydrogens (tertiary/aromatic N) is 1. The van der Waals surface area contributed by atoms with Gasteiger partial charge in [0.05, 0.1) is 10.2 Å². The number of hydrogen-bond donors (Lipinski definition) is 0. The van der Waals surface area contributed by atoms with Crippen molar-refractivity contribution >= 4 is 21.6 Å². The van der Waals surface area contributed by atoms with Crippen molar-refractivity contribution in [3.63, 3.8) is 0 Å². The van der Waals surface area contributed by atoms with Crippen molar-refractivity contribution in [3.8, 4) is 10.9 Å². The number of hydrogen-bond acceptors (Lipinski definition) is 3. The first-order valence-electron chi connectivity index (χ1n) is 8.44. The molecule has 1 aliphatic rings. The van der Waals surface area contributed by atoms with Gasteiger partial charge in [0.15, 0.2) is 0 Å². The highest BCUT2D eigenvalue weighted by atomic mass is 32.1. The van der Waals surface area contributed by atoms with Crippen LogP contribution >= 0.6 is 11.3 Å². The summed E-state index contributed by atoms with van der Waals surface area (Å²) in [7, 11) is 0. The van der Waals surface area contributed by atoms with Crippen LogP contribution in [-0.4, -0.2) is 4.98 Å². The van der Waals surface area contributed by atoms with Crippen molar-refractivity contribution in [1.82, 2.24) is 4.98 Å². The largest absolute Gasteiger partial charge is 0.431 e. The summed E-state index contributed by atoms with van der Waals surface area (Å²) in [5.41, 5.74) is 2.42. The Morgan fingerprint density at radius 3 is 2.61 bits per heavy atom. The number of para-hydroxylation sites is 1. The molecule has 4 rings (SSSR count). The molecule has 0 aliphatic heterocycles. The van der Waals surface area contributed by atoms with Gasteiger partial charge in [0.1, 0.15) is 5.75 Å². The van der Waals surface area contributed by atoms with Crippen molar-refractivity contribution < 1.29 is 4.74 Å². The Balaban J connectivity index is 1.45. The molecule has 1 fully saturated rings. The van der Waals surface area contributed by atoms with Gasteiger partial charge in [-0.25, -0.2) is 4.98 Å². The number of ether oxygens (including phenoxy) is 1. The Bertz CT molecular complexity index is 756. The van der Waals surface area contributed by atoms with E-state index in [9.17, 15) is 0 Å². The molecule has 3 heteroatoms. The average molecular weight is 323 g/mol. The normalized spacial score (nSPS) is 15.7. The molecule has 0 bridgehead atoms. The molecular weight excluding hydrogens is 302 g/mol. The summed E-state index contributed by atoms with van der Waals surface area (Å²) in [6, 6.07) is 16.7. The zero-order valence-corrected chi connectivity index (χ0v) is 14.2. The monoisotopic (exact) mass is 323 g/mol. The fourth-order valence-corrected chi connectivity index (χ4v) is 4.04. The topological polar surface area (TPSA) is 22.1 Å². The maximum Gasteiger partial charge on any atom is 0.279 e. The predicted molar refractivity (Wildman–Crippen MR) is 96.3 cm³/mol. The Morgan fingerprint density at radius 2 is 1.91 bits per heavy atom. The smallest absolute Gasteiger partial charge is 0.279 e. The Kier molecular flexibility index (Phi) is 4.04. The molecule has 1 saturated carbocycles. The molecule has 23 heavy (non-hydrogen) atoms. The Labute approximate surface area is 141 Å². The highest BCUT2D eigenvalue weighted by molar-refractivity contribution is 7.20. The third kappa shape index (κ3) is 3.40. The number of benzene rings is 2. The molecule has 1 heterocycles. The second-order valence-corrected chi connectivity index (χ2v) is 7.40. The maximum atomic E-state index is 5.92. The van der Waals surface area contributed by atoms with E-state index in [0.717, 1.165) is 27.8 Å². The van der Waals surface area contributed by atoms with Crippen LogP contribution in [-0.2, 0) is 6.42 Å². The van der Waals surface area contributed by atoms with Gasteiger partial charge < -0.3 is 4.74 Å². The molecule has 0 spiro atoms. The summed E-state index contributed by atoms with van der Waals surface area (Å²) < 4.78 is 7.08. The van der Waals surface area contributed by atoms with E-state index < -0.39 is 0 Å². The molecule has 1 aromatic heterocycles. The lowest BCUT2D eigenvalue weighted by Crippen LogP contribution is -2.05. The van der Waals surface area contributed by atoms with Crippen molar-refractivity contribution in [1.29, 1.82) is 0 Å². The number of thiazole rings is 1. The highest BCUT2D eigenvalue weighted by Crippen LogP contribution is 2.40. The summed E-state index contributed by atoms with van der Waals surface area (Å²) >= 11 is 1.59. The second-order valence-electron chi connectivity index (χ2n) is 6.40. The fourth-order valence-electron chi connectivity index (χ4n) is 3.20. The van der Waals surface area contributed by atoms with Gasteiger partial charge in [-0.2, -0.15) is 0 Å². The van der Waals surface area contributed by atoms with Crippen LogP contribution in [0.5, 0.6) is 10.9 Å². The van der Waals surface area contributed by atoms with E-state index >= 15 is 0 Å². The minimum absolute atomic E-state index is 0.711. The van der Waals surface area contributed by atoms with Gasteiger partial charge in [0.25, 0.3) is 5.19 Å². The molecule has 0 amide bonds. The van der Waals surface area contributed by atoms with Crippen LogP contribution in [0, 0.1) is 11.8 Å². The van der Waals surface area contributed by atoms with Crippen molar-refractivity contribution in [2.24, 2.45) is 11.8 Å². The van der Waals surface area contributed by atoms with Gasteiger partial charge in [0.2, 0.25) is 0 Å². The van der Waals surface area contributed by atoms with Crippen LogP contribution in [0.3, 0.4) is 0 Å². The van der Waals surface area contributed by atoms with Gasteiger partial charge >= 0.3 is 0 Å². The van der Waals surface area contributed by atoms with Crippen LogP contribution in [0.4, 0.5) is 0 Å². The standard InChI is InChI=1S/C20H21NOS/c1-2-15(16-9-10-16)13-14-7-11-17(12-8-14)22-20-21-18-5-3-4-6-19(18)23-20/h3-8,11-12,15-16H,2,9-10,13H2,1H3. The molecule has 0 saturated heterocycles. The first kappa shape index (κ1) is 14.7. The first-order valence-corrected chi connectivity index (χ1v) is 9.26. The third-order valence-corrected chi connectivity index (χ3v) is 5.63. The van der Waals surface area contributed by atoms with Crippen LogP contribution in [0.1, 0.15) is 31.7 Å². The lowest BCUT2D eigenvalue weighted by molar-refractivity contribution is 0.444. The molecule has 3 aromatic rings. The molecule has 1 aliphatic carbocycles. The van der Waals surface area contributed by atoms with E-state index in [1.807, 2.05) is 18.2 Å². The third-order valence-electron chi connectivity index (χ3n) is 4.71. The van der Waals surface area contributed by atoms with E-state index in [-0.39, 0.29) is 0 Å². The van der Waals surface area contributed by atoms with Crippen molar-refractivity contribution in [2.75, 3.05) is 0 Å². The summed E-state index contributed by atoms with van der Waals surface area (Å²) in [6.07, 6.45) is 5.34. The summed E-state index contributed by atoms with van der Waals surface area (Å²) in [5, 5.41) is 0.711. The van der Waals surface area contributed by atoms with Crippen LogP contribution in [0.25, 0.3) is 10.2 Å². The molecule has 2 aromatic carbocycles. The van der Waals surface area contributed by atoms with Gasteiger partial charge in [-0.15, -0.1) is 0 Å². The SMILES string of the molecule is CCC(Cc1ccc(Oc2nc3ccccc3s2)cc1)C1CC1. The average Bonchev–Trinajstić information content (AvgIpc) is 3.33. The summed E-state index contributed by atoms with van der Waals surface area (Å²) in [5.74, 6) is 2.69. The molecule has 0 radical (unpaired) electrons. The van der Waals surface area contributed by atoms with Crippen molar-refractivity contribution in [3.05, 3.63) is 54.1 Å². The zero-order valence-electron chi connectivity index (χ0n) is 13.4. The quantitative estimate of drug-likeness (QED) is 0.549. The van der Waals surface area contributed by atoms with Gasteiger partial charge in [-0.05, 0) is 60.9 Å². The summed E-state index contributed by atoms with van der Waals surface area (Å²) in [6.45, 7) is 2.31. The van der Waals surface area contributed by atoms with E-state index in [2.05, 4.69) is 42.2 Å².